The van der Waals surface area contributed by atoms with Gasteiger partial charge in [0, 0.05) is 28.8 Å². The lowest BCUT2D eigenvalue weighted by Gasteiger charge is -2.13. The third-order valence-corrected chi connectivity index (χ3v) is 4.38. The van der Waals surface area contributed by atoms with Crippen molar-refractivity contribution in [2.45, 2.75) is 19.5 Å². The highest BCUT2D eigenvalue weighted by atomic mass is 32.1. The van der Waals surface area contributed by atoms with Crippen LogP contribution in [0.25, 0.3) is 10.9 Å². The van der Waals surface area contributed by atoms with Crippen molar-refractivity contribution in [1.29, 1.82) is 0 Å². The number of para-hydroxylation sites is 1. The minimum atomic E-state index is -4.38. The molecule has 0 radical (unpaired) electrons. The van der Waals surface area contributed by atoms with E-state index in [1.807, 2.05) is 25.1 Å². The maximum Gasteiger partial charge on any atom is 0.416 e. The predicted molar refractivity (Wildman–Crippen MR) is 102 cm³/mol. The summed E-state index contributed by atoms with van der Waals surface area (Å²) in [6, 6.07) is 13.0. The number of benzene rings is 2. The number of fused-ring (bicyclic) bond motifs is 1. The van der Waals surface area contributed by atoms with Crippen molar-refractivity contribution >= 4 is 33.9 Å². The molecule has 0 bridgehead atoms. The Bertz CT molecular complexity index is 931. The van der Waals surface area contributed by atoms with E-state index in [1.54, 1.807) is 6.07 Å². The predicted octanol–water partition coefficient (Wildman–Crippen LogP) is 5.02. The van der Waals surface area contributed by atoms with Gasteiger partial charge in [-0.05, 0) is 55.4 Å². The Morgan fingerprint density at radius 2 is 1.88 bits per heavy atom. The van der Waals surface area contributed by atoms with Gasteiger partial charge in [0.05, 0.1) is 5.56 Å². The Kier molecular flexibility index (Phi) is 5.18. The van der Waals surface area contributed by atoms with Crippen molar-refractivity contribution in [3.05, 3.63) is 65.4 Å². The van der Waals surface area contributed by atoms with Gasteiger partial charge < -0.3 is 15.6 Å². The van der Waals surface area contributed by atoms with Crippen LogP contribution in [0.2, 0.25) is 0 Å². The molecule has 3 aromatic rings. The molecule has 0 aliphatic rings. The molecule has 0 aliphatic heterocycles. The summed E-state index contributed by atoms with van der Waals surface area (Å²) in [6.07, 6.45) is -3.63. The van der Waals surface area contributed by atoms with Crippen molar-refractivity contribution in [2.75, 3.05) is 11.9 Å². The third-order valence-electron chi connectivity index (χ3n) is 4.14. The number of aryl methyl sites for hydroxylation is 1. The molecule has 7 heteroatoms. The SMILES string of the molecule is Cc1[nH]c2ccccc2c1CCNC(=S)Nc1cccc(C(F)(F)F)c1. The number of hydrogen-bond donors (Lipinski definition) is 3. The number of halogens is 3. The van der Waals surface area contributed by atoms with Crippen LogP contribution in [0.5, 0.6) is 0 Å². The summed E-state index contributed by atoms with van der Waals surface area (Å²) in [4.78, 5) is 3.34. The molecular formula is C19H18F3N3S. The van der Waals surface area contributed by atoms with E-state index in [0.717, 1.165) is 29.8 Å². The fourth-order valence-electron chi connectivity index (χ4n) is 2.91. The quantitative estimate of drug-likeness (QED) is 0.559. The van der Waals surface area contributed by atoms with Crippen LogP contribution in [-0.2, 0) is 12.6 Å². The fraction of sp³-hybridized carbons (Fsp3) is 0.211. The lowest BCUT2D eigenvalue weighted by molar-refractivity contribution is -0.137. The molecule has 0 unspecified atom stereocenters. The van der Waals surface area contributed by atoms with E-state index in [2.05, 4.69) is 21.7 Å². The summed E-state index contributed by atoms with van der Waals surface area (Å²) in [7, 11) is 0. The number of aromatic amines is 1. The zero-order valence-electron chi connectivity index (χ0n) is 14.1. The van der Waals surface area contributed by atoms with E-state index in [-0.39, 0.29) is 0 Å². The molecule has 3 nitrogen and oxygen atoms in total. The van der Waals surface area contributed by atoms with Crippen LogP contribution >= 0.6 is 12.2 Å². The van der Waals surface area contributed by atoms with Gasteiger partial charge in [0.25, 0.3) is 0 Å². The van der Waals surface area contributed by atoms with E-state index in [1.165, 1.54) is 17.0 Å². The van der Waals surface area contributed by atoms with E-state index in [4.69, 9.17) is 12.2 Å². The van der Waals surface area contributed by atoms with Gasteiger partial charge >= 0.3 is 6.18 Å². The molecule has 0 aliphatic carbocycles. The van der Waals surface area contributed by atoms with Crippen molar-refractivity contribution in [3.63, 3.8) is 0 Å². The number of nitrogens with one attached hydrogen (secondary N) is 3. The molecule has 0 amide bonds. The van der Waals surface area contributed by atoms with Gasteiger partial charge in [-0.1, -0.05) is 24.3 Å². The van der Waals surface area contributed by atoms with E-state index >= 15 is 0 Å². The molecule has 0 fully saturated rings. The molecule has 26 heavy (non-hydrogen) atoms. The van der Waals surface area contributed by atoms with Crippen molar-refractivity contribution < 1.29 is 13.2 Å². The first-order valence-corrected chi connectivity index (χ1v) is 8.54. The minimum Gasteiger partial charge on any atom is -0.362 e. The first kappa shape index (κ1) is 18.3. The summed E-state index contributed by atoms with van der Waals surface area (Å²) in [5, 5.41) is 7.31. The highest BCUT2D eigenvalue weighted by molar-refractivity contribution is 7.80. The maximum atomic E-state index is 12.8. The first-order chi connectivity index (χ1) is 12.3. The summed E-state index contributed by atoms with van der Waals surface area (Å²) < 4.78 is 38.3. The second kappa shape index (κ2) is 7.37. The molecule has 0 atom stereocenters. The Morgan fingerprint density at radius 3 is 2.65 bits per heavy atom. The van der Waals surface area contributed by atoms with Gasteiger partial charge in [-0.3, -0.25) is 0 Å². The number of aromatic nitrogens is 1. The van der Waals surface area contributed by atoms with Crippen LogP contribution in [-0.4, -0.2) is 16.6 Å². The van der Waals surface area contributed by atoms with Crippen LogP contribution in [0.3, 0.4) is 0 Å². The van der Waals surface area contributed by atoms with Gasteiger partial charge in [-0.2, -0.15) is 13.2 Å². The monoisotopic (exact) mass is 377 g/mol. The summed E-state index contributed by atoms with van der Waals surface area (Å²) >= 11 is 5.18. The highest BCUT2D eigenvalue weighted by Gasteiger charge is 2.30. The van der Waals surface area contributed by atoms with Crippen molar-refractivity contribution in [2.24, 2.45) is 0 Å². The van der Waals surface area contributed by atoms with Crippen LogP contribution in [0, 0.1) is 6.92 Å². The number of alkyl halides is 3. The average molecular weight is 377 g/mol. The van der Waals surface area contributed by atoms with Crippen LogP contribution in [0.1, 0.15) is 16.8 Å². The molecule has 0 spiro atoms. The van der Waals surface area contributed by atoms with E-state index in [9.17, 15) is 13.2 Å². The van der Waals surface area contributed by atoms with E-state index in [0.29, 0.717) is 17.3 Å². The Labute approximate surface area is 154 Å². The molecule has 3 rings (SSSR count). The Hall–Kier alpha value is -2.54. The average Bonchev–Trinajstić information content (AvgIpc) is 2.90. The summed E-state index contributed by atoms with van der Waals surface area (Å²) in [6.45, 7) is 2.60. The van der Waals surface area contributed by atoms with Crippen LogP contribution in [0.15, 0.2) is 48.5 Å². The molecule has 136 valence electrons. The maximum absolute atomic E-state index is 12.8. The molecular weight excluding hydrogens is 359 g/mol. The summed E-state index contributed by atoms with van der Waals surface area (Å²) in [5.74, 6) is 0. The lowest BCUT2D eigenvalue weighted by atomic mass is 10.1. The Balaban J connectivity index is 1.59. The van der Waals surface area contributed by atoms with Gasteiger partial charge in [0.2, 0.25) is 0 Å². The number of thiocarbonyl (C=S) groups is 1. The molecule has 0 saturated carbocycles. The largest absolute Gasteiger partial charge is 0.416 e. The fourth-order valence-corrected chi connectivity index (χ4v) is 3.13. The van der Waals surface area contributed by atoms with Crippen molar-refractivity contribution in [3.8, 4) is 0 Å². The van der Waals surface area contributed by atoms with Crippen LogP contribution < -0.4 is 10.6 Å². The normalized spacial score (nSPS) is 11.5. The number of hydrogen-bond acceptors (Lipinski definition) is 1. The van der Waals surface area contributed by atoms with Gasteiger partial charge in [0.1, 0.15) is 0 Å². The molecule has 2 aromatic carbocycles. The van der Waals surface area contributed by atoms with Gasteiger partial charge in [-0.25, -0.2) is 0 Å². The molecule has 1 heterocycles. The van der Waals surface area contributed by atoms with E-state index < -0.39 is 11.7 Å². The third kappa shape index (κ3) is 4.16. The zero-order valence-corrected chi connectivity index (χ0v) is 14.9. The number of H-pyrrole nitrogens is 1. The highest BCUT2D eigenvalue weighted by Crippen LogP contribution is 2.30. The Morgan fingerprint density at radius 1 is 1.12 bits per heavy atom. The van der Waals surface area contributed by atoms with Crippen molar-refractivity contribution in [1.82, 2.24) is 10.3 Å². The minimum absolute atomic E-state index is 0.293. The number of anilines is 1. The topological polar surface area (TPSA) is 39.9 Å². The van der Waals surface area contributed by atoms with Gasteiger partial charge in [-0.15, -0.1) is 0 Å². The lowest BCUT2D eigenvalue weighted by Crippen LogP contribution is -2.30. The molecule has 1 aromatic heterocycles. The first-order valence-electron chi connectivity index (χ1n) is 8.13. The second-order valence-corrected chi connectivity index (χ2v) is 6.39. The second-order valence-electron chi connectivity index (χ2n) is 5.98. The molecule has 3 N–H and O–H groups in total. The smallest absolute Gasteiger partial charge is 0.362 e. The van der Waals surface area contributed by atoms with Gasteiger partial charge in [0.15, 0.2) is 5.11 Å². The number of rotatable bonds is 4. The molecule has 0 saturated heterocycles. The standard InChI is InChI=1S/C19H18F3N3S/c1-12-15(16-7-2-3-8-17(16)24-12)9-10-23-18(26)25-14-6-4-5-13(11-14)19(20,21)22/h2-8,11,24H,9-10H2,1H3,(H2,23,25,26). The van der Waals surface area contributed by atoms with Crippen LogP contribution in [0.4, 0.5) is 18.9 Å². The zero-order chi connectivity index (χ0) is 18.7. The summed E-state index contributed by atoms with van der Waals surface area (Å²) in [5.41, 5.74) is 2.99.